The number of aromatic nitrogens is 3. The molecule has 0 unspecified atom stereocenters. The van der Waals surface area contributed by atoms with Crippen molar-refractivity contribution in [2.45, 2.75) is 20.8 Å². The number of benzene rings is 1. The normalized spacial score (nSPS) is 10.6. The number of carbonyl (C=O) groups excluding carboxylic acids is 1. The van der Waals surface area contributed by atoms with E-state index < -0.39 is 11.5 Å². The van der Waals surface area contributed by atoms with E-state index in [1.54, 1.807) is 10.7 Å². The van der Waals surface area contributed by atoms with Crippen LogP contribution in [0.4, 0.5) is 5.69 Å². The van der Waals surface area contributed by atoms with Crippen molar-refractivity contribution in [1.82, 2.24) is 14.8 Å². The Bertz CT molecular complexity index is 952. The Morgan fingerprint density at radius 3 is 2.50 bits per heavy atom. The third kappa shape index (κ3) is 2.86. The molecule has 2 N–H and O–H groups in total. The van der Waals surface area contributed by atoms with Gasteiger partial charge in [0.05, 0.1) is 22.8 Å². The monoisotopic (exact) mass is 322 g/mol. The fourth-order valence-electron chi connectivity index (χ4n) is 2.54. The smallest absolute Gasteiger partial charge is 0.261 e. The number of aromatic amines is 1. The molecule has 6 nitrogen and oxygen atoms in total. The number of nitrogens with zero attached hydrogens (tertiary/aromatic N) is 2. The molecule has 0 fully saturated rings. The lowest BCUT2D eigenvalue weighted by Crippen LogP contribution is -2.22. The van der Waals surface area contributed by atoms with Crippen LogP contribution in [-0.2, 0) is 0 Å². The highest BCUT2D eigenvalue weighted by Crippen LogP contribution is 2.23. The van der Waals surface area contributed by atoms with Crippen molar-refractivity contribution in [2.24, 2.45) is 0 Å². The fraction of sp³-hybridized carbons (Fsp3) is 0.167. The second-order valence-corrected chi connectivity index (χ2v) is 5.66. The Hall–Kier alpha value is -3.15. The Labute approximate surface area is 139 Å². The second-order valence-electron chi connectivity index (χ2n) is 5.66. The minimum Gasteiger partial charge on any atom is -0.328 e. The van der Waals surface area contributed by atoms with Gasteiger partial charge in [-0.15, -0.1) is 0 Å². The van der Waals surface area contributed by atoms with E-state index in [4.69, 9.17) is 0 Å². The molecule has 0 aliphatic heterocycles. The summed E-state index contributed by atoms with van der Waals surface area (Å²) in [5.74, 6) is -0.452. The van der Waals surface area contributed by atoms with Crippen LogP contribution in [0, 0.1) is 20.8 Å². The van der Waals surface area contributed by atoms with Gasteiger partial charge < -0.3 is 10.3 Å². The number of H-pyrrole nitrogens is 1. The van der Waals surface area contributed by atoms with Crippen molar-refractivity contribution in [3.05, 3.63) is 75.5 Å². The average Bonchev–Trinajstić information content (AvgIpc) is 2.84. The predicted molar refractivity (Wildman–Crippen MR) is 92.8 cm³/mol. The van der Waals surface area contributed by atoms with Gasteiger partial charge in [-0.1, -0.05) is 17.7 Å². The van der Waals surface area contributed by atoms with E-state index in [-0.39, 0.29) is 5.56 Å². The number of carbonyl (C=O) groups is 1. The molecule has 1 aromatic carbocycles. The first-order chi connectivity index (χ1) is 11.5. The number of amides is 1. The van der Waals surface area contributed by atoms with Crippen LogP contribution in [0.2, 0.25) is 0 Å². The molecular weight excluding hydrogens is 304 g/mol. The van der Waals surface area contributed by atoms with E-state index in [0.29, 0.717) is 11.4 Å². The van der Waals surface area contributed by atoms with Gasteiger partial charge in [0.25, 0.3) is 11.5 Å². The van der Waals surface area contributed by atoms with Crippen molar-refractivity contribution in [3.63, 3.8) is 0 Å². The molecule has 0 atom stereocenters. The van der Waals surface area contributed by atoms with Gasteiger partial charge >= 0.3 is 0 Å². The number of hydrogen-bond acceptors (Lipinski definition) is 3. The maximum atomic E-state index is 12.4. The number of aryl methyl sites for hydroxylation is 2. The summed E-state index contributed by atoms with van der Waals surface area (Å²) in [6.45, 7) is 5.72. The maximum Gasteiger partial charge on any atom is 0.261 e. The van der Waals surface area contributed by atoms with Crippen LogP contribution in [0.25, 0.3) is 5.69 Å². The summed E-state index contributed by atoms with van der Waals surface area (Å²) in [7, 11) is 0. The average molecular weight is 322 g/mol. The summed E-state index contributed by atoms with van der Waals surface area (Å²) in [6.07, 6.45) is 1.49. The Balaban J connectivity index is 1.95. The molecule has 0 bridgehead atoms. The zero-order chi connectivity index (χ0) is 17.3. The van der Waals surface area contributed by atoms with Crippen LogP contribution >= 0.6 is 0 Å². The van der Waals surface area contributed by atoms with E-state index in [0.717, 1.165) is 16.9 Å². The highest BCUT2D eigenvalue weighted by molar-refractivity contribution is 6.04. The molecule has 3 rings (SSSR count). The lowest BCUT2D eigenvalue weighted by Gasteiger charge is -2.07. The molecule has 2 heterocycles. The van der Waals surface area contributed by atoms with Crippen molar-refractivity contribution < 1.29 is 4.79 Å². The molecule has 122 valence electrons. The van der Waals surface area contributed by atoms with Gasteiger partial charge in [0.1, 0.15) is 5.56 Å². The van der Waals surface area contributed by atoms with Gasteiger partial charge in [-0.25, -0.2) is 4.68 Å². The van der Waals surface area contributed by atoms with E-state index in [9.17, 15) is 9.59 Å². The minimum atomic E-state index is -0.452. The number of nitrogens with one attached hydrogen (secondary N) is 2. The molecule has 6 heteroatoms. The zero-order valence-corrected chi connectivity index (χ0v) is 13.8. The minimum absolute atomic E-state index is 0.0689. The standard InChI is InChI=1S/C18H18N4O2/c1-11-6-8-14(9-7-11)22-13(3)16(12(2)21-22)20-18(24)15-5-4-10-19-17(15)23/h4-10H,1-3H3,(H,19,23)(H,20,24). The SMILES string of the molecule is Cc1ccc(-n2nc(C)c(NC(=O)c3ccc[nH]c3=O)c2C)cc1. The van der Waals surface area contributed by atoms with Crippen LogP contribution in [-0.4, -0.2) is 20.7 Å². The number of pyridine rings is 1. The molecule has 24 heavy (non-hydrogen) atoms. The van der Waals surface area contributed by atoms with Crippen LogP contribution < -0.4 is 10.9 Å². The van der Waals surface area contributed by atoms with Gasteiger partial charge in [-0.05, 0) is 45.0 Å². The van der Waals surface area contributed by atoms with Gasteiger partial charge in [-0.2, -0.15) is 5.10 Å². The number of hydrogen-bond donors (Lipinski definition) is 2. The Morgan fingerprint density at radius 1 is 1.12 bits per heavy atom. The van der Waals surface area contributed by atoms with E-state index in [1.165, 1.54) is 12.3 Å². The molecule has 0 spiro atoms. The predicted octanol–water partition coefficient (Wildman–Crippen LogP) is 2.74. The van der Waals surface area contributed by atoms with E-state index in [1.807, 2.05) is 45.0 Å². The van der Waals surface area contributed by atoms with Crippen LogP contribution in [0.1, 0.15) is 27.3 Å². The summed E-state index contributed by atoms with van der Waals surface area (Å²) in [5.41, 5.74) is 3.83. The van der Waals surface area contributed by atoms with Crippen molar-refractivity contribution in [1.29, 1.82) is 0 Å². The van der Waals surface area contributed by atoms with Gasteiger partial charge in [0, 0.05) is 6.20 Å². The molecule has 3 aromatic rings. The van der Waals surface area contributed by atoms with Crippen molar-refractivity contribution in [3.8, 4) is 5.69 Å². The maximum absolute atomic E-state index is 12.4. The van der Waals surface area contributed by atoms with Gasteiger partial charge in [0.2, 0.25) is 0 Å². The molecule has 0 radical (unpaired) electrons. The van der Waals surface area contributed by atoms with Gasteiger partial charge in [-0.3, -0.25) is 9.59 Å². The first-order valence-electron chi connectivity index (χ1n) is 7.59. The highest BCUT2D eigenvalue weighted by atomic mass is 16.2. The zero-order valence-electron chi connectivity index (χ0n) is 13.8. The van der Waals surface area contributed by atoms with Crippen LogP contribution in [0.3, 0.4) is 0 Å². The summed E-state index contributed by atoms with van der Waals surface area (Å²) in [4.78, 5) is 26.6. The van der Waals surface area contributed by atoms with Gasteiger partial charge in [0.15, 0.2) is 0 Å². The summed E-state index contributed by atoms with van der Waals surface area (Å²) in [6, 6.07) is 11.1. The summed E-state index contributed by atoms with van der Waals surface area (Å²) in [5, 5.41) is 7.29. The third-order valence-electron chi connectivity index (χ3n) is 3.87. The molecule has 0 saturated carbocycles. The van der Waals surface area contributed by atoms with E-state index in [2.05, 4.69) is 15.4 Å². The van der Waals surface area contributed by atoms with Crippen molar-refractivity contribution in [2.75, 3.05) is 5.32 Å². The largest absolute Gasteiger partial charge is 0.328 e. The summed E-state index contributed by atoms with van der Waals surface area (Å²) < 4.78 is 1.78. The van der Waals surface area contributed by atoms with Crippen molar-refractivity contribution >= 4 is 11.6 Å². The van der Waals surface area contributed by atoms with E-state index >= 15 is 0 Å². The van der Waals surface area contributed by atoms with Crippen LogP contribution in [0.15, 0.2) is 47.4 Å². The quantitative estimate of drug-likeness (QED) is 0.778. The first kappa shape index (κ1) is 15.7. The second kappa shape index (κ2) is 6.16. The topological polar surface area (TPSA) is 79.8 Å². The Morgan fingerprint density at radius 2 is 1.83 bits per heavy atom. The summed E-state index contributed by atoms with van der Waals surface area (Å²) >= 11 is 0. The molecule has 2 aromatic heterocycles. The lowest BCUT2D eigenvalue weighted by molar-refractivity contribution is 0.102. The number of anilines is 1. The number of rotatable bonds is 3. The molecule has 0 aliphatic carbocycles. The molecule has 0 saturated heterocycles. The molecule has 1 amide bonds. The Kier molecular flexibility index (Phi) is 4.04. The third-order valence-corrected chi connectivity index (χ3v) is 3.87. The molecule has 0 aliphatic rings. The fourth-order valence-corrected chi connectivity index (χ4v) is 2.54. The first-order valence-corrected chi connectivity index (χ1v) is 7.59. The highest BCUT2D eigenvalue weighted by Gasteiger charge is 2.17. The lowest BCUT2D eigenvalue weighted by atomic mass is 10.2. The van der Waals surface area contributed by atoms with Crippen LogP contribution in [0.5, 0.6) is 0 Å². The molecular formula is C18H18N4O2.